The third-order valence-corrected chi connectivity index (χ3v) is 5.26. The molecule has 24 heavy (non-hydrogen) atoms. The number of carbonyl (C=O) groups is 1. The number of aryl methyl sites for hydroxylation is 2. The Hall–Kier alpha value is -1.89. The first-order valence-electron chi connectivity index (χ1n) is 8.41. The van der Waals surface area contributed by atoms with Gasteiger partial charge in [-0.2, -0.15) is 4.68 Å². The molecule has 1 amide bonds. The standard InChI is InChI=1S/C17H23N5OS/c1-12-8-9-13(2)15(10-12)22-17(19-20-21-22)24-11-16(23)18-14-6-4-3-5-7-14/h8-10,14H,3-7,11H2,1-2H3,(H,18,23). The number of tetrazole rings is 1. The van der Waals surface area contributed by atoms with Crippen LogP contribution in [0.25, 0.3) is 5.69 Å². The van der Waals surface area contributed by atoms with E-state index in [0.717, 1.165) is 29.7 Å². The van der Waals surface area contributed by atoms with Crippen LogP contribution in [0.1, 0.15) is 43.2 Å². The van der Waals surface area contributed by atoms with Crippen LogP contribution in [0.2, 0.25) is 0 Å². The van der Waals surface area contributed by atoms with Crippen LogP contribution >= 0.6 is 11.8 Å². The number of thioether (sulfide) groups is 1. The zero-order valence-electron chi connectivity index (χ0n) is 14.2. The molecule has 2 aromatic rings. The Kier molecular flexibility index (Phi) is 5.50. The summed E-state index contributed by atoms with van der Waals surface area (Å²) in [5, 5.41) is 15.7. The maximum atomic E-state index is 12.2. The predicted molar refractivity (Wildman–Crippen MR) is 94.4 cm³/mol. The molecule has 1 aliphatic carbocycles. The Morgan fingerprint density at radius 3 is 2.88 bits per heavy atom. The van der Waals surface area contributed by atoms with Crippen molar-refractivity contribution in [3.8, 4) is 5.69 Å². The molecule has 0 radical (unpaired) electrons. The Morgan fingerprint density at radius 1 is 1.29 bits per heavy atom. The van der Waals surface area contributed by atoms with Crippen molar-refractivity contribution in [1.82, 2.24) is 25.5 Å². The van der Waals surface area contributed by atoms with Crippen molar-refractivity contribution in [2.45, 2.75) is 57.1 Å². The molecular formula is C17H23N5OS. The zero-order chi connectivity index (χ0) is 16.9. The minimum Gasteiger partial charge on any atom is -0.353 e. The van der Waals surface area contributed by atoms with Gasteiger partial charge in [0.2, 0.25) is 11.1 Å². The summed E-state index contributed by atoms with van der Waals surface area (Å²) in [5.74, 6) is 0.393. The second-order valence-electron chi connectivity index (χ2n) is 6.35. The van der Waals surface area contributed by atoms with E-state index in [-0.39, 0.29) is 5.91 Å². The molecule has 1 heterocycles. The van der Waals surface area contributed by atoms with Crippen molar-refractivity contribution in [2.24, 2.45) is 0 Å². The molecule has 0 aliphatic heterocycles. The van der Waals surface area contributed by atoms with Crippen LogP contribution < -0.4 is 5.32 Å². The molecule has 128 valence electrons. The average Bonchev–Trinajstić information content (AvgIpc) is 3.04. The van der Waals surface area contributed by atoms with E-state index < -0.39 is 0 Å². The van der Waals surface area contributed by atoms with Crippen molar-refractivity contribution in [1.29, 1.82) is 0 Å². The predicted octanol–water partition coefficient (Wildman–Crippen LogP) is 2.82. The quantitative estimate of drug-likeness (QED) is 0.844. The van der Waals surface area contributed by atoms with Crippen molar-refractivity contribution in [3.05, 3.63) is 29.3 Å². The molecule has 0 bridgehead atoms. The minimum atomic E-state index is 0.0578. The van der Waals surface area contributed by atoms with Gasteiger partial charge < -0.3 is 5.32 Å². The summed E-state index contributed by atoms with van der Waals surface area (Å²) >= 11 is 1.37. The summed E-state index contributed by atoms with van der Waals surface area (Å²) in [6, 6.07) is 6.50. The molecule has 1 aromatic heterocycles. The first kappa shape index (κ1) is 17.0. The highest BCUT2D eigenvalue weighted by Crippen LogP contribution is 2.22. The number of carbonyl (C=O) groups excluding carboxylic acids is 1. The van der Waals surface area contributed by atoms with Gasteiger partial charge in [-0.25, -0.2) is 0 Å². The van der Waals surface area contributed by atoms with Crippen LogP contribution in [0.4, 0.5) is 0 Å². The number of hydrogen-bond acceptors (Lipinski definition) is 5. The fourth-order valence-corrected chi connectivity index (χ4v) is 3.71. The molecule has 0 spiro atoms. The Morgan fingerprint density at radius 2 is 2.08 bits per heavy atom. The Bertz CT molecular complexity index is 709. The van der Waals surface area contributed by atoms with Gasteiger partial charge >= 0.3 is 0 Å². The molecule has 1 saturated carbocycles. The normalized spacial score (nSPS) is 15.4. The maximum absolute atomic E-state index is 12.2. The van der Waals surface area contributed by atoms with E-state index in [9.17, 15) is 4.79 Å². The van der Waals surface area contributed by atoms with Gasteiger partial charge in [0, 0.05) is 6.04 Å². The van der Waals surface area contributed by atoms with E-state index >= 15 is 0 Å². The molecule has 1 N–H and O–H groups in total. The third-order valence-electron chi connectivity index (χ3n) is 4.34. The molecule has 3 rings (SSSR count). The van der Waals surface area contributed by atoms with Gasteiger partial charge in [-0.15, -0.1) is 5.10 Å². The topological polar surface area (TPSA) is 72.7 Å². The van der Waals surface area contributed by atoms with Crippen molar-refractivity contribution in [3.63, 3.8) is 0 Å². The van der Waals surface area contributed by atoms with Gasteiger partial charge in [-0.1, -0.05) is 43.2 Å². The van der Waals surface area contributed by atoms with Crippen LogP contribution in [-0.4, -0.2) is 37.9 Å². The van der Waals surface area contributed by atoms with Crippen LogP contribution in [0.15, 0.2) is 23.4 Å². The van der Waals surface area contributed by atoms with E-state index in [1.807, 2.05) is 13.8 Å². The van der Waals surface area contributed by atoms with Crippen LogP contribution in [0.3, 0.4) is 0 Å². The van der Waals surface area contributed by atoms with Gasteiger partial charge in [0.15, 0.2) is 0 Å². The molecule has 0 atom stereocenters. The zero-order valence-corrected chi connectivity index (χ0v) is 15.0. The van der Waals surface area contributed by atoms with E-state index in [2.05, 4.69) is 39.0 Å². The summed E-state index contributed by atoms with van der Waals surface area (Å²) < 4.78 is 1.71. The molecule has 6 nitrogen and oxygen atoms in total. The first-order chi connectivity index (χ1) is 11.6. The lowest BCUT2D eigenvalue weighted by Crippen LogP contribution is -2.37. The molecule has 1 aliphatic rings. The lowest BCUT2D eigenvalue weighted by molar-refractivity contribution is -0.119. The monoisotopic (exact) mass is 345 g/mol. The second-order valence-corrected chi connectivity index (χ2v) is 7.30. The number of benzene rings is 1. The molecule has 0 saturated heterocycles. The van der Waals surface area contributed by atoms with E-state index in [0.29, 0.717) is 17.0 Å². The highest BCUT2D eigenvalue weighted by atomic mass is 32.2. The third kappa shape index (κ3) is 4.14. The van der Waals surface area contributed by atoms with Crippen molar-refractivity contribution < 1.29 is 4.79 Å². The van der Waals surface area contributed by atoms with Gasteiger partial charge in [0.05, 0.1) is 11.4 Å². The van der Waals surface area contributed by atoms with Gasteiger partial charge in [0.1, 0.15) is 0 Å². The lowest BCUT2D eigenvalue weighted by Gasteiger charge is -2.22. The molecule has 7 heteroatoms. The highest BCUT2D eigenvalue weighted by molar-refractivity contribution is 7.99. The smallest absolute Gasteiger partial charge is 0.230 e. The fourth-order valence-electron chi connectivity index (χ4n) is 3.01. The van der Waals surface area contributed by atoms with Crippen molar-refractivity contribution >= 4 is 17.7 Å². The highest BCUT2D eigenvalue weighted by Gasteiger charge is 2.17. The average molecular weight is 345 g/mol. The number of rotatable bonds is 5. The largest absolute Gasteiger partial charge is 0.353 e. The lowest BCUT2D eigenvalue weighted by atomic mass is 9.95. The number of hydrogen-bond donors (Lipinski definition) is 1. The summed E-state index contributed by atoms with van der Waals surface area (Å²) in [6.07, 6.45) is 5.89. The van der Waals surface area contributed by atoms with Gasteiger partial charge in [-0.3, -0.25) is 4.79 Å². The number of nitrogens with zero attached hydrogens (tertiary/aromatic N) is 4. The van der Waals surface area contributed by atoms with Gasteiger partial charge in [-0.05, 0) is 54.3 Å². The Labute approximate surface area is 146 Å². The summed E-state index contributed by atoms with van der Waals surface area (Å²) in [4.78, 5) is 12.2. The number of nitrogens with one attached hydrogen (secondary N) is 1. The van der Waals surface area contributed by atoms with Crippen LogP contribution in [0, 0.1) is 13.8 Å². The van der Waals surface area contributed by atoms with E-state index in [1.54, 1.807) is 4.68 Å². The van der Waals surface area contributed by atoms with E-state index in [4.69, 9.17) is 0 Å². The summed E-state index contributed by atoms with van der Waals surface area (Å²) in [7, 11) is 0. The first-order valence-corrected chi connectivity index (χ1v) is 9.40. The molecule has 1 aromatic carbocycles. The molecule has 0 unspecified atom stereocenters. The number of amides is 1. The molecular weight excluding hydrogens is 322 g/mol. The fraction of sp³-hybridized carbons (Fsp3) is 0.529. The summed E-state index contributed by atoms with van der Waals surface area (Å²) in [5.41, 5.74) is 3.20. The van der Waals surface area contributed by atoms with Crippen LogP contribution in [-0.2, 0) is 4.79 Å². The number of aromatic nitrogens is 4. The SMILES string of the molecule is Cc1ccc(C)c(-n2nnnc2SCC(=O)NC2CCCCC2)c1. The molecule has 1 fully saturated rings. The summed E-state index contributed by atoms with van der Waals surface area (Å²) in [6.45, 7) is 4.07. The second kappa shape index (κ2) is 7.79. The van der Waals surface area contributed by atoms with Crippen LogP contribution in [0.5, 0.6) is 0 Å². The van der Waals surface area contributed by atoms with Gasteiger partial charge in [0.25, 0.3) is 0 Å². The Balaban J connectivity index is 1.63. The van der Waals surface area contributed by atoms with Crippen molar-refractivity contribution in [2.75, 3.05) is 5.75 Å². The maximum Gasteiger partial charge on any atom is 0.230 e. The van der Waals surface area contributed by atoms with E-state index in [1.165, 1.54) is 31.0 Å². The minimum absolute atomic E-state index is 0.0578.